The number of nitrogens with one attached hydrogen (secondary N) is 1. The third kappa shape index (κ3) is 2.95. The van der Waals surface area contributed by atoms with Crippen molar-refractivity contribution in [1.29, 1.82) is 0 Å². The highest BCUT2D eigenvalue weighted by atomic mass is 32.2. The first kappa shape index (κ1) is 10.9. The van der Waals surface area contributed by atoms with Crippen LogP contribution in [0.2, 0.25) is 0 Å². The SMILES string of the molecule is CCS(=O)(=O)Nc1nc(C)cc(C)n1. The average Bonchev–Trinajstić information content (AvgIpc) is 2.01. The molecule has 0 saturated heterocycles. The second-order valence-corrected chi connectivity index (χ2v) is 4.99. The smallest absolute Gasteiger partial charge is 0.236 e. The van der Waals surface area contributed by atoms with Crippen molar-refractivity contribution in [1.82, 2.24) is 9.97 Å². The Kier molecular flexibility index (Phi) is 3.05. The lowest BCUT2D eigenvalue weighted by Crippen LogP contribution is -2.17. The van der Waals surface area contributed by atoms with Crippen molar-refractivity contribution in [3.63, 3.8) is 0 Å². The molecule has 0 radical (unpaired) electrons. The number of nitrogens with zero attached hydrogens (tertiary/aromatic N) is 2. The minimum absolute atomic E-state index is 0.0172. The maximum atomic E-state index is 11.2. The minimum atomic E-state index is -3.28. The van der Waals surface area contributed by atoms with Crippen molar-refractivity contribution in [3.05, 3.63) is 17.5 Å². The van der Waals surface area contributed by atoms with Crippen LogP contribution >= 0.6 is 0 Å². The molecule has 0 aliphatic carbocycles. The van der Waals surface area contributed by atoms with Crippen molar-refractivity contribution in [2.24, 2.45) is 0 Å². The zero-order chi connectivity index (χ0) is 10.8. The standard InChI is InChI=1S/C8H13N3O2S/c1-4-14(12,13)11-8-9-6(2)5-7(3)10-8/h5H,4H2,1-3H3,(H,9,10,11). The first-order valence-electron chi connectivity index (χ1n) is 4.26. The number of aryl methyl sites for hydroxylation is 2. The third-order valence-electron chi connectivity index (χ3n) is 1.61. The fourth-order valence-electron chi connectivity index (χ4n) is 0.983. The van der Waals surface area contributed by atoms with Gasteiger partial charge in [0.1, 0.15) is 0 Å². The Hall–Kier alpha value is -1.17. The number of sulfonamides is 1. The zero-order valence-electron chi connectivity index (χ0n) is 8.40. The third-order valence-corrected chi connectivity index (χ3v) is 2.86. The molecule has 0 fully saturated rings. The van der Waals surface area contributed by atoms with Crippen LogP contribution in [0.1, 0.15) is 18.3 Å². The van der Waals surface area contributed by atoms with E-state index in [1.807, 2.05) is 0 Å². The second-order valence-electron chi connectivity index (χ2n) is 2.98. The molecule has 0 saturated carbocycles. The molecule has 1 aromatic rings. The lowest BCUT2D eigenvalue weighted by molar-refractivity contribution is 0.602. The quantitative estimate of drug-likeness (QED) is 0.811. The molecule has 14 heavy (non-hydrogen) atoms. The van der Waals surface area contributed by atoms with Gasteiger partial charge in [-0.2, -0.15) is 0 Å². The van der Waals surface area contributed by atoms with Gasteiger partial charge in [-0.25, -0.2) is 18.4 Å². The van der Waals surface area contributed by atoms with Crippen LogP contribution in [0.25, 0.3) is 0 Å². The van der Waals surface area contributed by atoms with Gasteiger partial charge in [-0.05, 0) is 26.8 Å². The molecule has 1 aromatic heterocycles. The summed E-state index contributed by atoms with van der Waals surface area (Å²) in [6.45, 7) is 5.14. The molecule has 6 heteroatoms. The van der Waals surface area contributed by atoms with Gasteiger partial charge < -0.3 is 0 Å². The Labute approximate surface area is 83.6 Å². The molecular weight excluding hydrogens is 202 g/mol. The van der Waals surface area contributed by atoms with E-state index >= 15 is 0 Å². The Morgan fingerprint density at radius 3 is 2.21 bits per heavy atom. The predicted molar refractivity (Wildman–Crippen MR) is 54.6 cm³/mol. The van der Waals surface area contributed by atoms with E-state index in [4.69, 9.17) is 0 Å². The Bertz CT molecular complexity index is 408. The summed E-state index contributed by atoms with van der Waals surface area (Å²) in [5.41, 5.74) is 1.48. The van der Waals surface area contributed by atoms with Crippen LogP contribution in [0, 0.1) is 13.8 Å². The molecule has 5 nitrogen and oxygen atoms in total. The molecule has 0 aliphatic heterocycles. The Morgan fingerprint density at radius 2 is 1.79 bits per heavy atom. The van der Waals surface area contributed by atoms with Crippen molar-refractivity contribution in [2.75, 3.05) is 10.5 Å². The topological polar surface area (TPSA) is 72.0 Å². The summed E-state index contributed by atoms with van der Waals surface area (Å²) in [6, 6.07) is 1.78. The summed E-state index contributed by atoms with van der Waals surface area (Å²) in [4.78, 5) is 7.93. The fourth-order valence-corrected chi connectivity index (χ4v) is 1.50. The predicted octanol–water partition coefficient (Wildman–Crippen LogP) is 0.855. The molecule has 0 aromatic carbocycles. The van der Waals surface area contributed by atoms with Gasteiger partial charge in [-0.1, -0.05) is 0 Å². The highest BCUT2D eigenvalue weighted by molar-refractivity contribution is 7.92. The average molecular weight is 215 g/mol. The summed E-state index contributed by atoms with van der Waals surface area (Å²) in [6.07, 6.45) is 0. The van der Waals surface area contributed by atoms with Gasteiger partial charge in [0.2, 0.25) is 16.0 Å². The maximum Gasteiger partial charge on any atom is 0.236 e. The van der Waals surface area contributed by atoms with Gasteiger partial charge in [0.25, 0.3) is 0 Å². The first-order valence-corrected chi connectivity index (χ1v) is 5.91. The Morgan fingerprint density at radius 1 is 1.29 bits per heavy atom. The van der Waals surface area contributed by atoms with Crippen molar-refractivity contribution in [3.8, 4) is 0 Å². The lowest BCUT2D eigenvalue weighted by Gasteiger charge is -2.05. The van der Waals surface area contributed by atoms with Crippen LogP contribution in [0.5, 0.6) is 0 Å². The van der Waals surface area contributed by atoms with Gasteiger partial charge in [0.05, 0.1) is 5.75 Å². The van der Waals surface area contributed by atoms with Crippen LogP contribution in [0.15, 0.2) is 6.07 Å². The highest BCUT2D eigenvalue weighted by Crippen LogP contribution is 2.05. The van der Waals surface area contributed by atoms with Gasteiger partial charge in [0, 0.05) is 11.4 Å². The molecule has 0 amide bonds. The molecule has 0 aliphatic rings. The zero-order valence-corrected chi connectivity index (χ0v) is 9.22. The molecule has 0 bridgehead atoms. The summed E-state index contributed by atoms with van der Waals surface area (Å²) in [5, 5.41) is 0. The van der Waals surface area contributed by atoms with Gasteiger partial charge in [-0.3, -0.25) is 4.72 Å². The summed E-state index contributed by atoms with van der Waals surface area (Å²) < 4.78 is 24.7. The van der Waals surface area contributed by atoms with Crippen molar-refractivity contribution >= 4 is 16.0 Å². The molecule has 0 unspecified atom stereocenters. The molecular formula is C8H13N3O2S. The largest absolute Gasteiger partial charge is 0.251 e. The van der Waals surface area contributed by atoms with Crippen LogP contribution in [-0.4, -0.2) is 24.1 Å². The summed E-state index contributed by atoms with van der Waals surface area (Å²) in [5.74, 6) is 0.160. The first-order chi connectivity index (χ1) is 6.43. The monoisotopic (exact) mass is 215 g/mol. The van der Waals surface area contributed by atoms with E-state index in [1.165, 1.54) is 0 Å². The van der Waals surface area contributed by atoms with E-state index in [0.717, 1.165) is 11.4 Å². The number of aromatic nitrogens is 2. The Balaban J connectivity index is 2.98. The lowest BCUT2D eigenvalue weighted by atomic mass is 10.4. The molecule has 0 spiro atoms. The summed E-state index contributed by atoms with van der Waals surface area (Å²) in [7, 11) is -3.28. The van der Waals surface area contributed by atoms with Gasteiger partial charge in [0.15, 0.2) is 0 Å². The van der Waals surface area contributed by atoms with E-state index in [-0.39, 0.29) is 11.7 Å². The molecule has 1 rings (SSSR count). The second kappa shape index (κ2) is 3.91. The fraction of sp³-hybridized carbons (Fsp3) is 0.500. The number of hydrogen-bond donors (Lipinski definition) is 1. The highest BCUT2D eigenvalue weighted by Gasteiger charge is 2.09. The van der Waals surface area contributed by atoms with Crippen LogP contribution < -0.4 is 4.72 Å². The van der Waals surface area contributed by atoms with Gasteiger partial charge in [-0.15, -0.1) is 0 Å². The van der Waals surface area contributed by atoms with Crippen LogP contribution in [0.4, 0.5) is 5.95 Å². The maximum absolute atomic E-state index is 11.2. The number of anilines is 1. The van der Waals surface area contributed by atoms with E-state index in [9.17, 15) is 8.42 Å². The number of hydrogen-bond acceptors (Lipinski definition) is 4. The number of rotatable bonds is 3. The molecule has 1 heterocycles. The van der Waals surface area contributed by atoms with Crippen molar-refractivity contribution < 1.29 is 8.42 Å². The van der Waals surface area contributed by atoms with Crippen molar-refractivity contribution in [2.45, 2.75) is 20.8 Å². The normalized spacial score (nSPS) is 11.4. The van der Waals surface area contributed by atoms with Crippen LogP contribution in [0.3, 0.4) is 0 Å². The van der Waals surface area contributed by atoms with E-state index < -0.39 is 10.0 Å². The summed E-state index contributed by atoms with van der Waals surface area (Å²) >= 11 is 0. The molecule has 78 valence electrons. The van der Waals surface area contributed by atoms with Gasteiger partial charge >= 0.3 is 0 Å². The van der Waals surface area contributed by atoms with E-state index in [2.05, 4.69) is 14.7 Å². The molecule has 0 atom stereocenters. The van der Waals surface area contributed by atoms with Crippen LogP contribution in [-0.2, 0) is 10.0 Å². The minimum Gasteiger partial charge on any atom is -0.251 e. The van der Waals surface area contributed by atoms with E-state index in [1.54, 1.807) is 26.8 Å². The van der Waals surface area contributed by atoms with E-state index in [0.29, 0.717) is 0 Å². The molecule has 1 N–H and O–H groups in total.